The van der Waals surface area contributed by atoms with Gasteiger partial charge >= 0.3 is 0 Å². The third kappa shape index (κ3) is 4.00. The number of hydrogen-bond donors (Lipinski definition) is 1. The van der Waals surface area contributed by atoms with Gasteiger partial charge in [-0.15, -0.1) is 0 Å². The predicted molar refractivity (Wildman–Crippen MR) is 81.2 cm³/mol. The fourth-order valence-electron chi connectivity index (χ4n) is 1.95. The van der Waals surface area contributed by atoms with Crippen LogP contribution < -0.4 is 15.2 Å². The molecule has 3 nitrogen and oxygen atoms in total. The monoisotopic (exact) mass is 271 g/mol. The molecule has 1 unspecified atom stereocenters. The van der Waals surface area contributed by atoms with Crippen molar-refractivity contribution in [3.8, 4) is 11.5 Å². The topological polar surface area (TPSA) is 44.5 Å². The fourth-order valence-corrected chi connectivity index (χ4v) is 1.95. The molecule has 0 radical (unpaired) electrons. The van der Waals surface area contributed by atoms with Crippen molar-refractivity contribution in [2.24, 2.45) is 5.73 Å². The highest BCUT2D eigenvalue weighted by Gasteiger charge is 2.00. The normalized spacial score (nSPS) is 11.9. The van der Waals surface area contributed by atoms with Gasteiger partial charge in [-0.1, -0.05) is 24.3 Å². The smallest absolute Gasteiger partial charge is 0.119 e. The van der Waals surface area contributed by atoms with Gasteiger partial charge in [-0.25, -0.2) is 0 Å². The van der Waals surface area contributed by atoms with E-state index in [9.17, 15) is 0 Å². The molecule has 3 heteroatoms. The van der Waals surface area contributed by atoms with Gasteiger partial charge in [0.2, 0.25) is 0 Å². The largest absolute Gasteiger partial charge is 0.497 e. The van der Waals surface area contributed by atoms with Crippen molar-refractivity contribution in [2.45, 2.75) is 19.4 Å². The van der Waals surface area contributed by atoms with Crippen LogP contribution >= 0.6 is 0 Å². The highest BCUT2D eigenvalue weighted by molar-refractivity contribution is 5.29. The molecule has 0 aromatic heterocycles. The van der Waals surface area contributed by atoms with Crippen molar-refractivity contribution in [2.75, 3.05) is 13.7 Å². The molecule has 0 fully saturated rings. The van der Waals surface area contributed by atoms with Crippen molar-refractivity contribution >= 4 is 0 Å². The molecule has 2 N–H and O–H groups in total. The lowest BCUT2D eigenvalue weighted by molar-refractivity contribution is 0.321. The van der Waals surface area contributed by atoms with Crippen molar-refractivity contribution < 1.29 is 9.47 Å². The van der Waals surface area contributed by atoms with Crippen molar-refractivity contribution in [3.63, 3.8) is 0 Å². The van der Waals surface area contributed by atoms with E-state index in [-0.39, 0.29) is 6.04 Å². The standard InChI is InChI=1S/C17H21NO2/c1-13(18)15-5-9-17(10-6-15)20-12-11-14-3-7-16(19-2)8-4-14/h3-10,13H,11-12,18H2,1-2H3. The first-order valence-electron chi connectivity index (χ1n) is 6.80. The van der Waals surface area contributed by atoms with Crippen LogP contribution in [0, 0.1) is 0 Å². The number of rotatable bonds is 6. The van der Waals surface area contributed by atoms with E-state index in [0.29, 0.717) is 6.61 Å². The minimum absolute atomic E-state index is 0.0587. The van der Waals surface area contributed by atoms with E-state index in [4.69, 9.17) is 15.2 Å². The molecule has 0 aliphatic carbocycles. The minimum atomic E-state index is 0.0587. The molecule has 1 atom stereocenters. The number of nitrogens with two attached hydrogens (primary N) is 1. The number of methoxy groups -OCH3 is 1. The zero-order valence-corrected chi connectivity index (χ0v) is 12.0. The summed E-state index contributed by atoms with van der Waals surface area (Å²) in [6.45, 7) is 2.63. The Morgan fingerprint density at radius 2 is 1.55 bits per heavy atom. The molecule has 0 spiro atoms. The summed E-state index contributed by atoms with van der Waals surface area (Å²) in [6.07, 6.45) is 0.874. The second-order valence-corrected chi connectivity index (χ2v) is 4.80. The zero-order valence-electron chi connectivity index (χ0n) is 12.0. The fraction of sp³-hybridized carbons (Fsp3) is 0.294. The molecule has 2 aromatic rings. The quantitative estimate of drug-likeness (QED) is 0.876. The molecule has 106 valence electrons. The summed E-state index contributed by atoms with van der Waals surface area (Å²) in [4.78, 5) is 0. The summed E-state index contributed by atoms with van der Waals surface area (Å²) in [6, 6.07) is 16.0. The van der Waals surface area contributed by atoms with E-state index >= 15 is 0 Å². The van der Waals surface area contributed by atoms with E-state index in [2.05, 4.69) is 12.1 Å². The molecule has 0 heterocycles. The first-order valence-corrected chi connectivity index (χ1v) is 6.80. The Morgan fingerprint density at radius 3 is 2.10 bits per heavy atom. The summed E-state index contributed by atoms with van der Waals surface area (Å²) in [5.41, 5.74) is 8.16. The molecule has 0 saturated carbocycles. The van der Waals surface area contributed by atoms with Crippen LogP contribution in [0.25, 0.3) is 0 Å². The van der Waals surface area contributed by atoms with Crippen molar-refractivity contribution in [1.29, 1.82) is 0 Å². The van der Waals surface area contributed by atoms with E-state index in [1.54, 1.807) is 7.11 Å². The van der Waals surface area contributed by atoms with E-state index in [1.165, 1.54) is 5.56 Å². The molecule has 0 bridgehead atoms. The van der Waals surface area contributed by atoms with Crippen LogP contribution in [0.15, 0.2) is 48.5 Å². The lowest BCUT2D eigenvalue weighted by Gasteiger charge is -2.09. The molecule has 2 rings (SSSR count). The molecule has 0 amide bonds. The van der Waals surface area contributed by atoms with E-state index in [1.807, 2.05) is 43.3 Å². The second kappa shape index (κ2) is 6.96. The Kier molecular flexibility index (Phi) is 5.02. The third-order valence-corrected chi connectivity index (χ3v) is 3.22. The molecular formula is C17H21NO2. The minimum Gasteiger partial charge on any atom is -0.497 e. The van der Waals surface area contributed by atoms with Crippen molar-refractivity contribution in [1.82, 2.24) is 0 Å². The van der Waals surface area contributed by atoms with Crippen LogP contribution in [0.5, 0.6) is 11.5 Å². The number of hydrogen-bond acceptors (Lipinski definition) is 3. The highest BCUT2D eigenvalue weighted by atomic mass is 16.5. The molecule has 0 aliphatic heterocycles. The molecule has 0 saturated heterocycles. The maximum absolute atomic E-state index is 5.81. The van der Waals surface area contributed by atoms with Crippen molar-refractivity contribution in [3.05, 3.63) is 59.7 Å². The summed E-state index contributed by atoms with van der Waals surface area (Å²) in [5, 5.41) is 0. The lowest BCUT2D eigenvalue weighted by atomic mass is 10.1. The summed E-state index contributed by atoms with van der Waals surface area (Å²) >= 11 is 0. The SMILES string of the molecule is COc1ccc(CCOc2ccc(C(C)N)cc2)cc1. The van der Waals surface area contributed by atoms with Gasteiger partial charge in [0, 0.05) is 12.5 Å². The van der Waals surface area contributed by atoms with Gasteiger partial charge in [-0.3, -0.25) is 0 Å². The summed E-state index contributed by atoms with van der Waals surface area (Å²) in [7, 11) is 1.67. The van der Waals surface area contributed by atoms with Crippen LogP contribution in [0.2, 0.25) is 0 Å². The van der Waals surface area contributed by atoms with Gasteiger partial charge in [0.25, 0.3) is 0 Å². The summed E-state index contributed by atoms with van der Waals surface area (Å²) in [5.74, 6) is 1.75. The van der Waals surface area contributed by atoms with Gasteiger partial charge in [0.05, 0.1) is 13.7 Å². The lowest BCUT2D eigenvalue weighted by Crippen LogP contribution is -2.05. The number of ether oxygens (including phenoxy) is 2. The number of benzene rings is 2. The van der Waals surface area contributed by atoms with Gasteiger partial charge in [0.15, 0.2) is 0 Å². The Hall–Kier alpha value is -2.00. The Balaban J connectivity index is 1.82. The Labute approximate surface area is 120 Å². The predicted octanol–water partition coefficient (Wildman–Crippen LogP) is 3.34. The van der Waals surface area contributed by atoms with Crippen LogP contribution in [0.3, 0.4) is 0 Å². The first kappa shape index (κ1) is 14.4. The molecule has 2 aromatic carbocycles. The maximum atomic E-state index is 5.81. The van der Waals surface area contributed by atoms with Crippen LogP contribution in [-0.2, 0) is 6.42 Å². The van der Waals surface area contributed by atoms with Crippen LogP contribution in [0.4, 0.5) is 0 Å². The summed E-state index contributed by atoms with van der Waals surface area (Å²) < 4.78 is 10.9. The Bertz CT molecular complexity index is 518. The average molecular weight is 271 g/mol. The van der Waals surface area contributed by atoms with E-state index in [0.717, 1.165) is 23.5 Å². The van der Waals surface area contributed by atoms with Gasteiger partial charge in [-0.05, 0) is 42.3 Å². The molecule has 0 aliphatic rings. The third-order valence-electron chi connectivity index (χ3n) is 3.22. The van der Waals surface area contributed by atoms with Gasteiger partial charge in [0.1, 0.15) is 11.5 Å². The average Bonchev–Trinajstić information content (AvgIpc) is 2.48. The zero-order chi connectivity index (χ0) is 14.4. The Morgan fingerprint density at radius 1 is 0.950 bits per heavy atom. The molecular weight excluding hydrogens is 250 g/mol. The molecule has 20 heavy (non-hydrogen) atoms. The first-order chi connectivity index (χ1) is 9.69. The van der Waals surface area contributed by atoms with E-state index < -0.39 is 0 Å². The van der Waals surface area contributed by atoms with Crippen LogP contribution in [-0.4, -0.2) is 13.7 Å². The van der Waals surface area contributed by atoms with Gasteiger partial charge in [-0.2, -0.15) is 0 Å². The second-order valence-electron chi connectivity index (χ2n) is 4.80. The highest BCUT2D eigenvalue weighted by Crippen LogP contribution is 2.17. The maximum Gasteiger partial charge on any atom is 0.119 e. The van der Waals surface area contributed by atoms with Gasteiger partial charge < -0.3 is 15.2 Å². The van der Waals surface area contributed by atoms with Crippen LogP contribution in [0.1, 0.15) is 24.1 Å².